The number of hydrogen-bond donors (Lipinski definition) is 0. The molecule has 1 atom stereocenters. The van der Waals surface area contributed by atoms with Crippen molar-refractivity contribution < 1.29 is 14.3 Å². The molecule has 0 fully saturated rings. The summed E-state index contributed by atoms with van der Waals surface area (Å²) in [6.07, 6.45) is 0. The summed E-state index contributed by atoms with van der Waals surface area (Å²) < 4.78 is 4.58. The first-order chi connectivity index (χ1) is 7.06. The van der Waals surface area contributed by atoms with Crippen LogP contribution in [-0.2, 0) is 9.53 Å². The summed E-state index contributed by atoms with van der Waals surface area (Å²) in [6, 6.07) is 6.89. The molecule has 0 saturated heterocycles. The van der Waals surface area contributed by atoms with E-state index in [4.69, 9.17) is 0 Å². The third-order valence-corrected chi connectivity index (χ3v) is 2.44. The highest BCUT2D eigenvalue weighted by Crippen LogP contribution is 2.16. The number of hydrogen-bond acceptors (Lipinski definition) is 3. The van der Waals surface area contributed by atoms with Crippen molar-refractivity contribution in [1.29, 1.82) is 0 Å². The zero-order chi connectivity index (χ0) is 11.4. The molecule has 0 aliphatic rings. The van der Waals surface area contributed by atoms with Gasteiger partial charge in [-0.3, -0.25) is 4.79 Å². The van der Waals surface area contributed by atoms with E-state index < -0.39 is 0 Å². The number of ether oxygens (including phenoxy) is 1. The summed E-state index contributed by atoms with van der Waals surface area (Å²) in [7, 11) is 1.34. The van der Waals surface area contributed by atoms with Gasteiger partial charge in [-0.2, -0.15) is 0 Å². The Labute approximate surface area is 89.1 Å². The molecule has 0 spiro atoms. The van der Waals surface area contributed by atoms with E-state index in [9.17, 15) is 9.59 Å². The Kier molecular flexibility index (Phi) is 3.61. The number of esters is 1. The Bertz CT molecular complexity index is 365. The second-order valence-corrected chi connectivity index (χ2v) is 3.45. The van der Waals surface area contributed by atoms with E-state index in [1.807, 2.05) is 6.92 Å². The summed E-state index contributed by atoms with van der Waals surface area (Å²) in [5.74, 6) is -0.380. The molecule has 0 heterocycles. The SMILES string of the molecule is COC(=O)c1ccc(C(C)C(C)=O)cc1. The summed E-state index contributed by atoms with van der Waals surface area (Å²) >= 11 is 0. The molecule has 0 saturated carbocycles. The van der Waals surface area contributed by atoms with Gasteiger partial charge in [0.25, 0.3) is 0 Å². The van der Waals surface area contributed by atoms with E-state index in [1.54, 1.807) is 31.2 Å². The van der Waals surface area contributed by atoms with Crippen LogP contribution in [0, 0.1) is 0 Å². The molecule has 0 aromatic heterocycles. The van der Waals surface area contributed by atoms with Gasteiger partial charge in [0.1, 0.15) is 5.78 Å². The minimum absolute atomic E-state index is 0.112. The van der Waals surface area contributed by atoms with Crippen molar-refractivity contribution in [1.82, 2.24) is 0 Å². The first kappa shape index (κ1) is 11.4. The van der Waals surface area contributed by atoms with E-state index in [1.165, 1.54) is 7.11 Å². The zero-order valence-corrected chi connectivity index (χ0v) is 9.11. The van der Waals surface area contributed by atoms with Crippen LogP contribution in [0.25, 0.3) is 0 Å². The van der Waals surface area contributed by atoms with Crippen LogP contribution in [0.2, 0.25) is 0 Å². The lowest BCUT2D eigenvalue weighted by Crippen LogP contribution is -2.05. The highest BCUT2D eigenvalue weighted by atomic mass is 16.5. The number of carbonyl (C=O) groups is 2. The lowest BCUT2D eigenvalue weighted by atomic mass is 9.97. The molecule has 0 N–H and O–H groups in total. The van der Waals surface area contributed by atoms with Crippen LogP contribution in [0.15, 0.2) is 24.3 Å². The largest absolute Gasteiger partial charge is 0.465 e. The fourth-order valence-electron chi connectivity index (χ4n) is 1.26. The maximum Gasteiger partial charge on any atom is 0.337 e. The second kappa shape index (κ2) is 4.73. The van der Waals surface area contributed by atoms with Crippen molar-refractivity contribution in [2.24, 2.45) is 0 Å². The number of methoxy groups -OCH3 is 1. The molecule has 0 bridgehead atoms. The first-order valence-corrected chi connectivity index (χ1v) is 4.75. The molecule has 0 radical (unpaired) electrons. The van der Waals surface area contributed by atoms with Crippen molar-refractivity contribution in [2.75, 3.05) is 7.11 Å². The van der Waals surface area contributed by atoms with Crippen LogP contribution in [0.1, 0.15) is 35.7 Å². The number of Topliss-reactive ketones (excluding diaryl/α,β-unsaturated/α-hetero) is 1. The summed E-state index contributed by atoms with van der Waals surface area (Å²) in [6.45, 7) is 3.40. The van der Waals surface area contributed by atoms with Crippen LogP contribution >= 0.6 is 0 Å². The molecule has 1 aromatic rings. The Morgan fingerprint density at radius 3 is 2.13 bits per heavy atom. The highest BCUT2D eigenvalue weighted by molar-refractivity contribution is 5.89. The predicted molar refractivity (Wildman–Crippen MR) is 56.9 cm³/mol. The van der Waals surface area contributed by atoms with Gasteiger partial charge in [-0.05, 0) is 24.6 Å². The Morgan fingerprint density at radius 2 is 1.73 bits per heavy atom. The van der Waals surface area contributed by atoms with Crippen LogP contribution in [0.5, 0.6) is 0 Å². The number of benzene rings is 1. The average molecular weight is 206 g/mol. The smallest absolute Gasteiger partial charge is 0.337 e. The van der Waals surface area contributed by atoms with Crippen LogP contribution in [0.4, 0.5) is 0 Å². The van der Waals surface area contributed by atoms with Gasteiger partial charge in [0.15, 0.2) is 0 Å². The molecule has 1 rings (SSSR count). The highest BCUT2D eigenvalue weighted by Gasteiger charge is 2.11. The van der Waals surface area contributed by atoms with Gasteiger partial charge in [0.2, 0.25) is 0 Å². The summed E-state index contributed by atoms with van der Waals surface area (Å²) in [4.78, 5) is 22.3. The third-order valence-electron chi connectivity index (χ3n) is 2.44. The lowest BCUT2D eigenvalue weighted by Gasteiger charge is -2.08. The van der Waals surface area contributed by atoms with Gasteiger partial charge in [0.05, 0.1) is 12.7 Å². The van der Waals surface area contributed by atoms with E-state index in [2.05, 4.69) is 4.74 Å². The Hall–Kier alpha value is -1.64. The Balaban J connectivity index is 2.90. The zero-order valence-electron chi connectivity index (χ0n) is 9.11. The molecule has 15 heavy (non-hydrogen) atoms. The van der Waals surface area contributed by atoms with Gasteiger partial charge in [-0.15, -0.1) is 0 Å². The van der Waals surface area contributed by atoms with Gasteiger partial charge in [-0.1, -0.05) is 19.1 Å². The number of ketones is 1. The molecule has 0 aliphatic carbocycles. The minimum atomic E-state index is -0.364. The molecule has 0 aliphatic heterocycles. The lowest BCUT2D eigenvalue weighted by molar-refractivity contribution is -0.118. The summed E-state index contributed by atoms with van der Waals surface area (Å²) in [5.41, 5.74) is 1.41. The number of carbonyl (C=O) groups excluding carboxylic acids is 2. The van der Waals surface area contributed by atoms with Gasteiger partial charge < -0.3 is 4.74 Å². The molecular weight excluding hydrogens is 192 g/mol. The quantitative estimate of drug-likeness (QED) is 0.712. The monoisotopic (exact) mass is 206 g/mol. The molecule has 80 valence electrons. The van der Waals surface area contributed by atoms with Crippen LogP contribution in [0.3, 0.4) is 0 Å². The molecular formula is C12H14O3. The van der Waals surface area contributed by atoms with Gasteiger partial charge >= 0.3 is 5.97 Å². The number of rotatable bonds is 3. The first-order valence-electron chi connectivity index (χ1n) is 4.75. The molecule has 1 unspecified atom stereocenters. The normalized spacial score (nSPS) is 11.9. The second-order valence-electron chi connectivity index (χ2n) is 3.45. The fourth-order valence-corrected chi connectivity index (χ4v) is 1.26. The maximum atomic E-state index is 11.1. The molecule has 3 nitrogen and oxygen atoms in total. The van der Waals surface area contributed by atoms with E-state index in [-0.39, 0.29) is 17.7 Å². The molecule has 1 aromatic carbocycles. The van der Waals surface area contributed by atoms with E-state index in [0.717, 1.165) is 5.56 Å². The minimum Gasteiger partial charge on any atom is -0.465 e. The van der Waals surface area contributed by atoms with Gasteiger partial charge in [0, 0.05) is 5.92 Å². The van der Waals surface area contributed by atoms with Crippen LogP contribution < -0.4 is 0 Å². The van der Waals surface area contributed by atoms with E-state index in [0.29, 0.717) is 5.56 Å². The molecule has 0 amide bonds. The standard InChI is InChI=1S/C12H14O3/c1-8(9(2)13)10-4-6-11(7-5-10)12(14)15-3/h4-8H,1-3H3. The molecule has 3 heteroatoms. The fraction of sp³-hybridized carbons (Fsp3) is 0.333. The third kappa shape index (κ3) is 2.65. The predicted octanol–water partition coefficient (Wildman–Crippen LogP) is 2.17. The van der Waals surface area contributed by atoms with Gasteiger partial charge in [-0.25, -0.2) is 4.79 Å². The van der Waals surface area contributed by atoms with Crippen molar-refractivity contribution in [3.05, 3.63) is 35.4 Å². The van der Waals surface area contributed by atoms with Crippen molar-refractivity contribution in [3.8, 4) is 0 Å². The Morgan fingerprint density at radius 1 is 1.20 bits per heavy atom. The maximum absolute atomic E-state index is 11.1. The van der Waals surface area contributed by atoms with Crippen molar-refractivity contribution in [2.45, 2.75) is 19.8 Å². The van der Waals surface area contributed by atoms with Crippen LogP contribution in [-0.4, -0.2) is 18.9 Å². The topological polar surface area (TPSA) is 43.4 Å². The van der Waals surface area contributed by atoms with E-state index >= 15 is 0 Å². The van der Waals surface area contributed by atoms with Crippen molar-refractivity contribution in [3.63, 3.8) is 0 Å². The average Bonchev–Trinajstić information content (AvgIpc) is 2.27. The summed E-state index contributed by atoms with van der Waals surface area (Å²) in [5, 5.41) is 0. The van der Waals surface area contributed by atoms with Crippen molar-refractivity contribution >= 4 is 11.8 Å².